The molecule has 0 aliphatic carbocycles. The second-order valence-electron chi connectivity index (χ2n) is 5.24. The summed E-state index contributed by atoms with van der Waals surface area (Å²) in [4.78, 5) is 5.35. The highest BCUT2D eigenvalue weighted by molar-refractivity contribution is 6.30. The van der Waals surface area contributed by atoms with Crippen LogP contribution in [0.15, 0.2) is 53.9 Å². The van der Waals surface area contributed by atoms with Crippen molar-refractivity contribution in [3.63, 3.8) is 0 Å². The van der Waals surface area contributed by atoms with E-state index in [0.29, 0.717) is 27.6 Å². The molecule has 0 bridgehead atoms. The van der Waals surface area contributed by atoms with Crippen LogP contribution in [0.25, 0.3) is 11.1 Å². The zero-order valence-corrected chi connectivity index (χ0v) is 13.3. The molecule has 0 aromatic heterocycles. The summed E-state index contributed by atoms with van der Waals surface area (Å²) in [7, 11) is 0. The molecule has 0 fully saturated rings. The third kappa shape index (κ3) is 2.82. The summed E-state index contributed by atoms with van der Waals surface area (Å²) in [6, 6.07) is 10.9. The van der Waals surface area contributed by atoms with Crippen LogP contribution in [-0.2, 0) is 4.84 Å². The lowest BCUT2D eigenvalue weighted by Crippen LogP contribution is -2.20. The molecule has 3 rings (SSSR count). The molecular weight excluding hydrogens is 320 g/mol. The van der Waals surface area contributed by atoms with Crippen molar-refractivity contribution in [2.45, 2.75) is 13.8 Å². The first-order valence-electron chi connectivity index (χ1n) is 7.04. The van der Waals surface area contributed by atoms with Gasteiger partial charge >= 0.3 is 0 Å². The molecule has 0 spiro atoms. The normalized spacial score (nSPS) is 14.7. The Kier molecular flexibility index (Phi) is 4.09. The van der Waals surface area contributed by atoms with Gasteiger partial charge in [0.05, 0.1) is 11.3 Å². The van der Waals surface area contributed by atoms with E-state index in [9.17, 15) is 8.78 Å². The van der Waals surface area contributed by atoms with E-state index < -0.39 is 11.6 Å². The van der Waals surface area contributed by atoms with Crippen molar-refractivity contribution in [1.82, 2.24) is 5.48 Å². The van der Waals surface area contributed by atoms with Gasteiger partial charge in [0.25, 0.3) is 0 Å². The van der Waals surface area contributed by atoms with Crippen LogP contribution in [0.5, 0.6) is 0 Å². The van der Waals surface area contributed by atoms with Crippen LogP contribution in [-0.4, -0.2) is 0 Å². The fourth-order valence-electron chi connectivity index (χ4n) is 2.63. The molecular formula is C18H14ClF2NO. The van der Waals surface area contributed by atoms with Gasteiger partial charge in [0, 0.05) is 16.2 Å². The zero-order valence-electron chi connectivity index (χ0n) is 12.6. The fraction of sp³-hybridized carbons (Fsp3) is 0.111. The van der Waals surface area contributed by atoms with Crippen molar-refractivity contribution < 1.29 is 13.6 Å². The molecule has 0 saturated heterocycles. The van der Waals surface area contributed by atoms with Crippen molar-refractivity contribution in [3.8, 4) is 0 Å². The Hall–Kier alpha value is -2.33. The summed E-state index contributed by atoms with van der Waals surface area (Å²) in [5, 5.41) is 0.589. The van der Waals surface area contributed by atoms with Crippen molar-refractivity contribution in [2.75, 3.05) is 0 Å². The third-order valence-corrected chi connectivity index (χ3v) is 3.93. The van der Waals surface area contributed by atoms with Gasteiger partial charge in [-0.2, -0.15) is 0 Å². The third-order valence-electron chi connectivity index (χ3n) is 3.68. The van der Waals surface area contributed by atoms with Crippen molar-refractivity contribution in [2.24, 2.45) is 0 Å². The molecule has 0 amide bonds. The fourth-order valence-corrected chi connectivity index (χ4v) is 2.76. The van der Waals surface area contributed by atoms with Gasteiger partial charge in [0.2, 0.25) is 0 Å². The van der Waals surface area contributed by atoms with Crippen LogP contribution in [0.2, 0.25) is 5.02 Å². The highest BCUT2D eigenvalue weighted by Gasteiger charge is 2.26. The first-order valence-corrected chi connectivity index (χ1v) is 7.42. The number of halogens is 3. The lowest BCUT2D eigenvalue weighted by atomic mass is 9.89. The minimum absolute atomic E-state index is 0.101. The summed E-state index contributed by atoms with van der Waals surface area (Å²) in [6.07, 6.45) is 0. The Morgan fingerprint density at radius 2 is 1.52 bits per heavy atom. The maximum absolute atomic E-state index is 14.3. The van der Waals surface area contributed by atoms with E-state index in [2.05, 4.69) is 5.48 Å². The minimum atomic E-state index is -0.635. The maximum atomic E-state index is 14.3. The number of hydrogen-bond acceptors (Lipinski definition) is 2. The number of hydrogen-bond donors (Lipinski definition) is 1. The van der Waals surface area contributed by atoms with Crippen LogP contribution >= 0.6 is 11.6 Å². The molecule has 0 atom stereocenters. The second-order valence-corrected chi connectivity index (χ2v) is 5.68. The first-order chi connectivity index (χ1) is 11.0. The van der Waals surface area contributed by atoms with Crippen LogP contribution in [0, 0.1) is 11.6 Å². The van der Waals surface area contributed by atoms with E-state index >= 15 is 0 Å². The monoisotopic (exact) mass is 333 g/mol. The largest absolute Gasteiger partial charge is 0.387 e. The van der Waals surface area contributed by atoms with E-state index in [-0.39, 0.29) is 5.56 Å². The van der Waals surface area contributed by atoms with Crippen molar-refractivity contribution in [1.29, 1.82) is 0 Å². The second kappa shape index (κ2) is 6.05. The van der Waals surface area contributed by atoms with Crippen LogP contribution < -0.4 is 5.48 Å². The molecule has 2 nitrogen and oxygen atoms in total. The summed E-state index contributed by atoms with van der Waals surface area (Å²) in [5.41, 5.74) is 5.19. The summed E-state index contributed by atoms with van der Waals surface area (Å²) >= 11 is 5.93. The van der Waals surface area contributed by atoms with Gasteiger partial charge in [-0.25, -0.2) is 14.3 Å². The number of benzene rings is 2. The predicted molar refractivity (Wildman–Crippen MR) is 87.2 cm³/mol. The lowest BCUT2D eigenvalue weighted by Gasteiger charge is -2.25. The SMILES string of the molecule is CC1=C(c2ccc(Cl)cc2)C(c2c(F)cccc2F)=C(C)ON1. The van der Waals surface area contributed by atoms with Crippen LogP contribution in [0.3, 0.4) is 0 Å². The molecule has 0 radical (unpaired) electrons. The van der Waals surface area contributed by atoms with Gasteiger partial charge in [-0.05, 0) is 43.7 Å². The van der Waals surface area contributed by atoms with E-state index in [1.807, 2.05) is 0 Å². The van der Waals surface area contributed by atoms with E-state index in [1.54, 1.807) is 38.1 Å². The quantitative estimate of drug-likeness (QED) is 0.803. The standard InChI is InChI=1S/C18H14ClF2NO/c1-10-16(12-6-8-13(19)9-7-12)17(11(2)23-22-10)18-14(20)4-3-5-15(18)21/h3-9,22H,1-2H3. The molecule has 1 aliphatic heterocycles. The highest BCUT2D eigenvalue weighted by atomic mass is 35.5. The predicted octanol–water partition coefficient (Wildman–Crippen LogP) is 5.32. The summed E-state index contributed by atoms with van der Waals surface area (Å²) < 4.78 is 28.6. The molecule has 2 aromatic carbocycles. The minimum Gasteiger partial charge on any atom is -0.387 e. The average molecular weight is 334 g/mol. The number of nitrogens with one attached hydrogen (secondary N) is 1. The molecule has 118 valence electrons. The molecule has 1 N–H and O–H groups in total. The van der Waals surface area contributed by atoms with Gasteiger partial charge in [0.15, 0.2) is 0 Å². The molecule has 5 heteroatoms. The van der Waals surface area contributed by atoms with Crippen LogP contribution in [0.4, 0.5) is 8.78 Å². The molecule has 2 aromatic rings. The first kappa shape index (κ1) is 15.6. The van der Waals surface area contributed by atoms with Gasteiger partial charge < -0.3 is 4.84 Å². The van der Waals surface area contributed by atoms with Gasteiger partial charge in [0.1, 0.15) is 17.4 Å². The molecule has 0 saturated carbocycles. The average Bonchev–Trinajstić information content (AvgIpc) is 2.52. The maximum Gasteiger partial charge on any atom is 0.137 e. The van der Waals surface area contributed by atoms with Gasteiger partial charge in [-0.3, -0.25) is 0 Å². The van der Waals surface area contributed by atoms with Gasteiger partial charge in [-0.15, -0.1) is 0 Å². The summed E-state index contributed by atoms with van der Waals surface area (Å²) in [5.74, 6) is -0.877. The van der Waals surface area contributed by atoms with Gasteiger partial charge in [-0.1, -0.05) is 29.8 Å². The molecule has 1 aliphatic rings. The number of rotatable bonds is 2. The van der Waals surface area contributed by atoms with E-state index in [4.69, 9.17) is 16.4 Å². The topological polar surface area (TPSA) is 21.3 Å². The van der Waals surface area contributed by atoms with E-state index in [0.717, 1.165) is 5.56 Å². The smallest absolute Gasteiger partial charge is 0.137 e. The Balaban J connectivity index is 2.25. The molecule has 0 unspecified atom stereocenters. The Morgan fingerprint density at radius 3 is 2.13 bits per heavy atom. The Morgan fingerprint density at radius 1 is 0.913 bits per heavy atom. The highest BCUT2D eigenvalue weighted by Crippen LogP contribution is 2.40. The summed E-state index contributed by atoms with van der Waals surface area (Å²) in [6.45, 7) is 3.45. The number of allylic oxidation sites excluding steroid dienone is 4. The van der Waals surface area contributed by atoms with E-state index in [1.165, 1.54) is 18.2 Å². The molecule has 23 heavy (non-hydrogen) atoms. The Labute approximate surface area is 138 Å². The van der Waals surface area contributed by atoms with Crippen molar-refractivity contribution in [3.05, 3.63) is 81.7 Å². The lowest BCUT2D eigenvalue weighted by molar-refractivity contribution is 0.132. The van der Waals surface area contributed by atoms with Crippen molar-refractivity contribution >= 4 is 22.7 Å². The Bertz CT molecular complexity index is 805. The van der Waals surface area contributed by atoms with Crippen LogP contribution in [0.1, 0.15) is 25.0 Å². The number of hydroxylamine groups is 1. The zero-order chi connectivity index (χ0) is 16.6. The molecule has 1 heterocycles.